The van der Waals surface area contributed by atoms with Crippen molar-refractivity contribution < 1.29 is 9.53 Å². The summed E-state index contributed by atoms with van der Waals surface area (Å²) in [5.41, 5.74) is -0.556. The van der Waals surface area contributed by atoms with Gasteiger partial charge in [0.2, 0.25) is 0 Å². The first kappa shape index (κ1) is 17.4. The molecule has 4 nitrogen and oxygen atoms in total. The Morgan fingerprint density at radius 3 is 2.50 bits per heavy atom. The van der Waals surface area contributed by atoms with Crippen molar-refractivity contribution in [2.45, 2.75) is 71.4 Å². The van der Waals surface area contributed by atoms with Crippen LogP contribution in [0, 0.1) is 0 Å². The number of carbonyl (C=O) groups is 1. The second kappa shape index (κ2) is 8.63. The Morgan fingerprint density at radius 2 is 1.95 bits per heavy atom. The molecule has 0 radical (unpaired) electrons. The second-order valence-corrected chi connectivity index (χ2v) is 6.36. The monoisotopic (exact) mass is 284 g/mol. The van der Waals surface area contributed by atoms with Gasteiger partial charge in [-0.3, -0.25) is 10.1 Å². The highest BCUT2D eigenvalue weighted by Crippen LogP contribution is 2.18. The van der Waals surface area contributed by atoms with Crippen LogP contribution in [-0.2, 0) is 9.53 Å². The van der Waals surface area contributed by atoms with Gasteiger partial charge in [-0.15, -0.1) is 0 Å². The van der Waals surface area contributed by atoms with Gasteiger partial charge < -0.3 is 9.64 Å². The molecule has 4 heteroatoms. The Hall–Kier alpha value is -0.610. The topological polar surface area (TPSA) is 41.6 Å². The summed E-state index contributed by atoms with van der Waals surface area (Å²) in [6.07, 6.45) is 5.88. The predicted octanol–water partition coefficient (Wildman–Crippen LogP) is 2.57. The highest BCUT2D eigenvalue weighted by molar-refractivity contribution is 5.80. The molecule has 0 spiro atoms. The van der Waals surface area contributed by atoms with E-state index in [4.69, 9.17) is 4.74 Å². The van der Waals surface area contributed by atoms with E-state index in [-0.39, 0.29) is 12.0 Å². The van der Waals surface area contributed by atoms with Crippen LogP contribution in [-0.4, -0.2) is 48.7 Å². The molecule has 1 N–H and O–H groups in total. The molecule has 1 heterocycles. The number of carbonyl (C=O) groups excluding carboxylic acids is 1. The molecule has 1 rings (SSSR count). The minimum absolute atomic E-state index is 0.118. The first-order chi connectivity index (χ1) is 9.48. The number of nitrogens with one attached hydrogen (secondary N) is 1. The van der Waals surface area contributed by atoms with E-state index in [2.05, 4.69) is 24.1 Å². The van der Waals surface area contributed by atoms with Gasteiger partial charge in [0.15, 0.2) is 0 Å². The van der Waals surface area contributed by atoms with Gasteiger partial charge in [0.1, 0.15) is 5.54 Å². The first-order valence-electron chi connectivity index (χ1n) is 8.15. The Kier molecular flexibility index (Phi) is 7.52. The van der Waals surface area contributed by atoms with E-state index in [1.807, 2.05) is 13.8 Å². The molecule has 0 aromatic carbocycles. The Bertz CT molecular complexity index is 288. The van der Waals surface area contributed by atoms with E-state index < -0.39 is 5.54 Å². The van der Waals surface area contributed by atoms with E-state index in [0.29, 0.717) is 6.61 Å². The van der Waals surface area contributed by atoms with Crippen LogP contribution in [0.4, 0.5) is 0 Å². The van der Waals surface area contributed by atoms with Crippen molar-refractivity contribution >= 4 is 5.97 Å². The fourth-order valence-corrected chi connectivity index (χ4v) is 3.00. The maximum absolute atomic E-state index is 12.2. The molecule has 0 aliphatic carbocycles. The Balaban J connectivity index is 2.44. The summed E-state index contributed by atoms with van der Waals surface area (Å²) < 4.78 is 5.24. The lowest BCUT2D eigenvalue weighted by Gasteiger charge is -2.32. The molecule has 1 aliphatic rings. The lowest BCUT2D eigenvalue weighted by Crippen LogP contribution is -2.53. The van der Waals surface area contributed by atoms with Crippen molar-refractivity contribution in [3.05, 3.63) is 0 Å². The van der Waals surface area contributed by atoms with Gasteiger partial charge in [0.05, 0.1) is 6.61 Å². The molecule has 1 saturated heterocycles. The average Bonchev–Trinajstić information content (AvgIpc) is 2.39. The number of rotatable bonds is 8. The Labute approximate surface area is 124 Å². The number of hydrogen-bond acceptors (Lipinski definition) is 4. The van der Waals surface area contributed by atoms with Crippen molar-refractivity contribution in [1.82, 2.24) is 10.2 Å². The van der Waals surface area contributed by atoms with Gasteiger partial charge in [-0.1, -0.05) is 6.42 Å². The van der Waals surface area contributed by atoms with Crippen molar-refractivity contribution in [2.75, 3.05) is 26.2 Å². The van der Waals surface area contributed by atoms with Crippen LogP contribution >= 0.6 is 0 Å². The van der Waals surface area contributed by atoms with Gasteiger partial charge in [-0.05, 0) is 73.0 Å². The van der Waals surface area contributed by atoms with E-state index in [1.54, 1.807) is 0 Å². The maximum atomic E-state index is 12.2. The van der Waals surface area contributed by atoms with Crippen LogP contribution < -0.4 is 5.32 Å². The van der Waals surface area contributed by atoms with Crippen LogP contribution in [0.5, 0.6) is 0 Å². The average molecular weight is 284 g/mol. The highest BCUT2D eigenvalue weighted by atomic mass is 16.5. The quantitative estimate of drug-likeness (QED) is 0.696. The Morgan fingerprint density at radius 1 is 1.30 bits per heavy atom. The minimum atomic E-state index is -0.556. The molecule has 0 amide bonds. The molecule has 1 aliphatic heterocycles. The van der Waals surface area contributed by atoms with Gasteiger partial charge in [-0.2, -0.15) is 0 Å². The molecule has 0 saturated carbocycles. The third-order valence-electron chi connectivity index (χ3n) is 3.93. The number of piperidine rings is 1. The minimum Gasteiger partial charge on any atom is -0.465 e. The molecule has 20 heavy (non-hydrogen) atoms. The van der Waals surface area contributed by atoms with Crippen molar-refractivity contribution in [2.24, 2.45) is 0 Å². The normalized spacial score (nSPS) is 19.9. The van der Waals surface area contributed by atoms with Gasteiger partial charge in [0, 0.05) is 6.04 Å². The van der Waals surface area contributed by atoms with Crippen molar-refractivity contribution in [1.29, 1.82) is 0 Å². The lowest BCUT2D eigenvalue weighted by molar-refractivity contribution is -0.151. The molecule has 0 aromatic heterocycles. The molecule has 118 valence electrons. The van der Waals surface area contributed by atoms with Crippen LogP contribution in [0.3, 0.4) is 0 Å². The molecular weight excluding hydrogens is 252 g/mol. The van der Waals surface area contributed by atoms with E-state index in [9.17, 15) is 4.79 Å². The number of nitrogens with zero attached hydrogens (tertiary/aromatic N) is 1. The van der Waals surface area contributed by atoms with E-state index in [1.165, 1.54) is 32.4 Å². The molecule has 1 atom stereocenters. The van der Waals surface area contributed by atoms with Crippen molar-refractivity contribution in [3.63, 3.8) is 0 Å². The van der Waals surface area contributed by atoms with Gasteiger partial charge >= 0.3 is 5.97 Å². The zero-order valence-corrected chi connectivity index (χ0v) is 13.7. The largest absolute Gasteiger partial charge is 0.465 e. The molecular formula is C16H32N2O2. The summed E-state index contributed by atoms with van der Waals surface area (Å²) in [4.78, 5) is 14.7. The SMILES string of the molecule is CCOC(=O)C(C)(CCCN1CCCCC1)NC(C)C. The highest BCUT2D eigenvalue weighted by Gasteiger charge is 2.34. The summed E-state index contributed by atoms with van der Waals surface area (Å²) in [6.45, 7) is 11.9. The number of ether oxygens (including phenoxy) is 1. The van der Waals surface area contributed by atoms with E-state index in [0.717, 1.165) is 19.4 Å². The van der Waals surface area contributed by atoms with Crippen LogP contribution in [0.1, 0.15) is 59.8 Å². The van der Waals surface area contributed by atoms with Crippen LogP contribution in [0.2, 0.25) is 0 Å². The number of likely N-dealkylation sites (tertiary alicyclic amines) is 1. The van der Waals surface area contributed by atoms with Crippen molar-refractivity contribution in [3.8, 4) is 0 Å². The summed E-state index contributed by atoms with van der Waals surface area (Å²) in [5.74, 6) is -0.118. The van der Waals surface area contributed by atoms with Gasteiger partial charge in [-0.25, -0.2) is 0 Å². The fraction of sp³-hybridized carbons (Fsp3) is 0.938. The van der Waals surface area contributed by atoms with Crippen LogP contribution in [0.25, 0.3) is 0 Å². The molecule has 0 bridgehead atoms. The lowest BCUT2D eigenvalue weighted by atomic mass is 9.94. The molecule has 1 unspecified atom stereocenters. The first-order valence-corrected chi connectivity index (χ1v) is 8.15. The summed E-state index contributed by atoms with van der Waals surface area (Å²) >= 11 is 0. The zero-order chi connectivity index (χ0) is 15.0. The fourth-order valence-electron chi connectivity index (χ4n) is 3.00. The van der Waals surface area contributed by atoms with Crippen LogP contribution in [0.15, 0.2) is 0 Å². The third-order valence-corrected chi connectivity index (χ3v) is 3.93. The smallest absolute Gasteiger partial charge is 0.326 e. The number of hydrogen-bond donors (Lipinski definition) is 1. The summed E-state index contributed by atoms with van der Waals surface area (Å²) in [7, 11) is 0. The second-order valence-electron chi connectivity index (χ2n) is 6.36. The molecule has 1 fully saturated rings. The van der Waals surface area contributed by atoms with E-state index >= 15 is 0 Å². The summed E-state index contributed by atoms with van der Waals surface area (Å²) in [5, 5.41) is 3.39. The molecule has 0 aromatic rings. The number of esters is 1. The third kappa shape index (κ3) is 5.80. The maximum Gasteiger partial charge on any atom is 0.326 e. The predicted molar refractivity (Wildman–Crippen MR) is 82.8 cm³/mol. The summed E-state index contributed by atoms with van der Waals surface area (Å²) in [6, 6.07) is 0.277. The standard InChI is InChI=1S/C16H32N2O2/c1-5-20-15(19)16(4,17-14(2)3)10-9-13-18-11-7-6-8-12-18/h14,17H,5-13H2,1-4H3. The zero-order valence-electron chi connectivity index (χ0n) is 13.7. The van der Waals surface area contributed by atoms with Gasteiger partial charge in [0.25, 0.3) is 0 Å².